The Morgan fingerprint density at radius 1 is 1.14 bits per heavy atom. The molecule has 0 radical (unpaired) electrons. The smallest absolute Gasteiger partial charge is 0.422 e. The Morgan fingerprint density at radius 3 is 2.52 bits per heavy atom. The summed E-state index contributed by atoms with van der Waals surface area (Å²) in [5, 5.41) is 1.86. The fourth-order valence-electron chi connectivity index (χ4n) is 4.02. The molecule has 0 unspecified atom stereocenters. The molecule has 0 bridgehead atoms. The average molecular weight is 407 g/mol. The van der Waals surface area contributed by atoms with Gasteiger partial charge in [-0.15, -0.1) is 0 Å². The second-order valence-corrected chi connectivity index (χ2v) is 7.79. The summed E-state index contributed by atoms with van der Waals surface area (Å²) in [6.07, 6.45) is -1.86. The summed E-state index contributed by atoms with van der Waals surface area (Å²) in [6.45, 7) is -0.498. The zero-order valence-corrected chi connectivity index (χ0v) is 16.8. The molecule has 158 valence electrons. The summed E-state index contributed by atoms with van der Waals surface area (Å²) in [5.74, 6) is 6.80. The van der Waals surface area contributed by atoms with Crippen molar-refractivity contribution < 1.29 is 17.9 Å². The van der Waals surface area contributed by atoms with Crippen molar-refractivity contribution in [2.24, 2.45) is 11.8 Å². The number of rotatable bonds is 6. The quantitative estimate of drug-likeness (QED) is 0.713. The topological polar surface area (TPSA) is 41.7 Å². The molecule has 7 heteroatoms. The third kappa shape index (κ3) is 5.64. The second-order valence-electron chi connectivity index (χ2n) is 7.79. The standard InChI is InChI=1S/C22H28F3N3O/c1-27(2)19-10-11-20(29-15-22(23,24)25)18(14-19)13-17-9-6-12-28(26)21(17)16-7-4-3-5-8-16/h3-5,7-8,10-11,14,17,21H,6,9,12-13,15,26H2,1-2H3/t17-,21+/m0/s1. The number of benzene rings is 2. The molecule has 2 N–H and O–H groups in total. The van der Waals surface area contributed by atoms with Gasteiger partial charge in [0.05, 0.1) is 6.04 Å². The molecular formula is C22H28F3N3O. The van der Waals surface area contributed by atoms with E-state index >= 15 is 0 Å². The van der Waals surface area contributed by atoms with Gasteiger partial charge < -0.3 is 9.64 Å². The van der Waals surface area contributed by atoms with Crippen molar-refractivity contribution >= 4 is 5.69 Å². The lowest BCUT2D eigenvalue weighted by Gasteiger charge is -2.39. The molecule has 3 rings (SSSR count). The van der Waals surface area contributed by atoms with Crippen LogP contribution in [-0.4, -0.2) is 38.4 Å². The lowest BCUT2D eigenvalue weighted by atomic mass is 9.81. The Bertz CT molecular complexity index is 796. The van der Waals surface area contributed by atoms with Crippen molar-refractivity contribution in [3.05, 3.63) is 59.7 Å². The molecule has 0 saturated carbocycles. The zero-order valence-electron chi connectivity index (χ0n) is 16.8. The Morgan fingerprint density at radius 2 is 1.86 bits per heavy atom. The van der Waals surface area contributed by atoms with Crippen LogP contribution in [0, 0.1) is 5.92 Å². The summed E-state index contributed by atoms with van der Waals surface area (Å²) < 4.78 is 43.3. The van der Waals surface area contributed by atoms with Gasteiger partial charge in [0.2, 0.25) is 0 Å². The van der Waals surface area contributed by atoms with Crippen LogP contribution in [0.25, 0.3) is 0 Å². The van der Waals surface area contributed by atoms with Crippen LogP contribution in [-0.2, 0) is 6.42 Å². The SMILES string of the molecule is CN(C)c1ccc(OCC(F)(F)F)c(C[C@@H]2CCCN(N)[C@@H]2c2ccccc2)c1. The maximum atomic E-state index is 12.7. The van der Waals surface area contributed by atoms with E-state index in [2.05, 4.69) is 12.1 Å². The summed E-state index contributed by atoms with van der Waals surface area (Å²) in [7, 11) is 3.81. The molecule has 1 heterocycles. The van der Waals surface area contributed by atoms with E-state index in [1.807, 2.05) is 48.3 Å². The normalized spacial score (nSPS) is 20.5. The Kier molecular flexibility index (Phi) is 6.70. The van der Waals surface area contributed by atoms with Crippen LogP contribution in [0.5, 0.6) is 5.75 Å². The first-order chi connectivity index (χ1) is 13.7. The lowest BCUT2D eigenvalue weighted by Crippen LogP contribution is -2.44. The molecule has 1 aliphatic heterocycles. The van der Waals surface area contributed by atoms with E-state index in [0.717, 1.165) is 36.2 Å². The molecule has 2 aromatic rings. The third-order valence-electron chi connectivity index (χ3n) is 5.37. The van der Waals surface area contributed by atoms with Crippen molar-refractivity contribution in [1.29, 1.82) is 0 Å². The predicted octanol–water partition coefficient (Wildman–Crippen LogP) is 4.56. The number of alkyl halides is 3. The number of piperidine rings is 1. The van der Waals surface area contributed by atoms with E-state index in [-0.39, 0.29) is 17.7 Å². The third-order valence-corrected chi connectivity index (χ3v) is 5.37. The molecule has 0 spiro atoms. The minimum atomic E-state index is -4.37. The predicted molar refractivity (Wildman–Crippen MR) is 109 cm³/mol. The molecule has 0 amide bonds. The molecule has 4 nitrogen and oxygen atoms in total. The van der Waals surface area contributed by atoms with Crippen molar-refractivity contribution in [3.63, 3.8) is 0 Å². The number of nitrogens with two attached hydrogens (primary N) is 1. The van der Waals surface area contributed by atoms with Gasteiger partial charge in [0.15, 0.2) is 6.61 Å². The highest BCUT2D eigenvalue weighted by Crippen LogP contribution is 2.38. The van der Waals surface area contributed by atoms with Crippen molar-refractivity contribution in [2.45, 2.75) is 31.5 Å². The fraction of sp³-hybridized carbons (Fsp3) is 0.455. The van der Waals surface area contributed by atoms with Gasteiger partial charge >= 0.3 is 6.18 Å². The number of nitrogens with zero attached hydrogens (tertiary/aromatic N) is 2. The van der Waals surface area contributed by atoms with Gasteiger partial charge in [0.1, 0.15) is 5.75 Å². The van der Waals surface area contributed by atoms with Crippen LogP contribution in [0.1, 0.15) is 30.0 Å². The zero-order chi connectivity index (χ0) is 21.0. The first kappa shape index (κ1) is 21.5. The highest BCUT2D eigenvalue weighted by atomic mass is 19.4. The molecule has 29 heavy (non-hydrogen) atoms. The van der Waals surface area contributed by atoms with Gasteiger partial charge in [-0.25, -0.2) is 5.01 Å². The Labute approximate surface area is 170 Å². The minimum absolute atomic E-state index is 0.0171. The highest BCUT2D eigenvalue weighted by molar-refractivity contribution is 5.52. The highest BCUT2D eigenvalue weighted by Gasteiger charge is 2.33. The Balaban J connectivity index is 1.90. The van der Waals surface area contributed by atoms with E-state index in [4.69, 9.17) is 10.6 Å². The van der Waals surface area contributed by atoms with E-state index in [1.165, 1.54) is 0 Å². The number of hydrogen-bond acceptors (Lipinski definition) is 4. The molecule has 1 saturated heterocycles. The van der Waals surface area contributed by atoms with Crippen LogP contribution in [0.4, 0.5) is 18.9 Å². The number of anilines is 1. The van der Waals surface area contributed by atoms with Gasteiger partial charge in [-0.05, 0) is 54.5 Å². The summed E-state index contributed by atoms with van der Waals surface area (Å²) in [6, 6.07) is 15.4. The van der Waals surface area contributed by atoms with E-state index < -0.39 is 12.8 Å². The van der Waals surface area contributed by atoms with Crippen molar-refractivity contribution in [3.8, 4) is 5.75 Å². The average Bonchev–Trinajstić information content (AvgIpc) is 2.67. The first-order valence-electron chi connectivity index (χ1n) is 9.80. The molecular weight excluding hydrogens is 379 g/mol. The number of halogens is 3. The summed E-state index contributed by atoms with van der Waals surface area (Å²) in [4.78, 5) is 1.93. The minimum Gasteiger partial charge on any atom is -0.484 e. The van der Waals surface area contributed by atoms with Gasteiger partial charge in [-0.1, -0.05) is 30.3 Å². The van der Waals surface area contributed by atoms with Gasteiger partial charge in [-0.2, -0.15) is 13.2 Å². The van der Waals surface area contributed by atoms with Crippen molar-refractivity contribution in [1.82, 2.24) is 5.01 Å². The van der Waals surface area contributed by atoms with Crippen LogP contribution < -0.4 is 15.5 Å². The molecule has 1 aliphatic rings. The molecule has 0 aromatic heterocycles. The lowest BCUT2D eigenvalue weighted by molar-refractivity contribution is -0.153. The monoisotopic (exact) mass is 407 g/mol. The number of hydrazine groups is 1. The van der Waals surface area contributed by atoms with Gasteiger partial charge in [0.25, 0.3) is 0 Å². The van der Waals surface area contributed by atoms with E-state index in [0.29, 0.717) is 6.42 Å². The number of ether oxygens (including phenoxy) is 1. The first-order valence-corrected chi connectivity index (χ1v) is 9.80. The molecule has 2 atom stereocenters. The fourth-order valence-corrected chi connectivity index (χ4v) is 4.02. The summed E-state index contributed by atoms with van der Waals surface area (Å²) >= 11 is 0. The van der Waals surface area contributed by atoms with Crippen LogP contribution >= 0.6 is 0 Å². The number of hydrogen-bond donors (Lipinski definition) is 1. The van der Waals surface area contributed by atoms with Gasteiger partial charge in [-0.3, -0.25) is 5.84 Å². The molecule has 0 aliphatic carbocycles. The van der Waals surface area contributed by atoms with Crippen LogP contribution in [0.3, 0.4) is 0 Å². The van der Waals surface area contributed by atoms with E-state index in [9.17, 15) is 13.2 Å². The summed E-state index contributed by atoms with van der Waals surface area (Å²) in [5.41, 5.74) is 2.83. The maximum absolute atomic E-state index is 12.7. The molecule has 1 fully saturated rings. The van der Waals surface area contributed by atoms with Gasteiger partial charge in [0, 0.05) is 26.3 Å². The maximum Gasteiger partial charge on any atom is 0.422 e. The van der Waals surface area contributed by atoms with E-state index in [1.54, 1.807) is 12.1 Å². The van der Waals surface area contributed by atoms with Crippen LogP contribution in [0.2, 0.25) is 0 Å². The largest absolute Gasteiger partial charge is 0.484 e. The molecule has 2 aromatic carbocycles. The second kappa shape index (κ2) is 9.05. The Hall–Kier alpha value is -2.25. The van der Waals surface area contributed by atoms with Crippen molar-refractivity contribution in [2.75, 3.05) is 32.1 Å². The van der Waals surface area contributed by atoms with Crippen LogP contribution in [0.15, 0.2) is 48.5 Å².